The Morgan fingerprint density at radius 2 is 0.443 bits per heavy atom. The van der Waals surface area contributed by atoms with Crippen LogP contribution in [0.5, 0.6) is 0 Å². The molecular formula is C66H42N4. The van der Waals surface area contributed by atoms with Gasteiger partial charge < -0.3 is 18.3 Å². The van der Waals surface area contributed by atoms with Crippen LogP contribution in [0.3, 0.4) is 0 Å². The summed E-state index contributed by atoms with van der Waals surface area (Å²) in [4.78, 5) is 0. The van der Waals surface area contributed by atoms with Crippen LogP contribution in [0.15, 0.2) is 255 Å². The molecule has 326 valence electrons. The Balaban J connectivity index is 0.961. The lowest BCUT2D eigenvalue weighted by atomic mass is 10.00. The van der Waals surface area contributed by atoms with Crippen molar-refractivity contribution in [1.29, 1.82) is 0 Å². The molecule has 0 unspecified atom stereocenters. The number of nitrogens with zero attached hydrogens (tertiary/aromatic N) is 4. The van der Waals surface area contributed by atoms with Gasteiger partial charge in [-0.05, 0) is 131 Å². The number of benzene rings is 11. The van der Waals surface area contributed by atoms with E-state index in [1.54, 1.807) is 0 Å². The minimum Gasteiger partial charge on any atom is -0.309 e. The molecule has 15 aromatic rings. The molecule has 0 aliphatic rings. The molecule has 0 saturated carbocycles. The van der Waals surface area contributed by atoms with Crippen molar-refractivity contribution in [3.8, 4) is 45.0 Å². The maximum Gasteiger partial charge on any atom is 0.0547 e. The average Bonchev–Trinajstić information content (AvgIpc) is 4.15. The van der Waals surface area contributed by atoms with Crippen molar-refractivity contribution < 1.29 is 0 Å². The lowest BCUT2D eigenvalue weighted by Gasteiger charge is -2.12. The maximum absolute atomic E-state index is 2.51. The molecule has 4 aromatic heterocycles. The smallest absolute Gasteiger partial charge is 0.0547 e. The number of para-hydroxylation sites is 6. The van der Waals surface area contributed by atoms with Gasteiger partial charge in [-0.2, -0.15) is 0 Å². The van der Waals surface area contributed by atoms with E-state index in [0.717, 1.165) is 22.7 Å². The fourth-order valence-corrected chi connectivity index (χ4v) is 11.6. The van der Waals surface area contributed by atoms with E-state index in [4.69, 9.17) is 0 Å². The van der Waals surface area contributed by atoms with Gasteiger partial charge in [-0.25, -0.2) is 0 Å². The van der Waals surface area contributed by atoms with Crippen molar-refractivity contribution in [3.05, 3.63) is 255 Å². The van der Waals surface area contributed by atoms with Crippen LogP contribution in [0.1, 0.15) is 0 Å². The molecule has 0 amide bonds. The highest BCUT2D eigenvalue weighted by molar-refractivity contribution is 6.15. The molecule has 4 nitrogen and oxygen atoms in total. The second-order valence-electron chi connectivity index (χ2n) is 18.5. The molecule has 11 aromatic carbocycles. The Morgan fingerprint density at radius 1 is 0.157 bits per heavy atom. The zero-order valence-electron chi connectivity index (χ0n) is 38.0. The van der Waals surface area contributed by atoms with E-state index in [-0.39, 0.29) is 0 Å². The number of hydrogen-bond acceptors (Lipinski definition) is 0. The molecule has 0 aliphatic heterocycles. The van der Waals surface area contributed by atoms with E-state index in [0.29, 0.717) is 0 Å². The number of hydrogen-bond donors (Lipinski definition) is 0. The van der Waals surface area contributed by atoms with E-state index < -0.39 is 0 Å². The van der Waals surface area contributed by atoms with E-state index in [9.17, 15) is 0 Å². The summed E-state index contributed by atoms with van der Waals surface area (Å²) in [6, 6.07) is 93.6. The Labute approximate surface area is 403 Å². The van der Waals surface area contributed by atoms with Gasteiger partial charge in [-0.3, -0.25) is 0 Å². The largest absolute Gasteiger partial charge is 0.309 e. The molecular weight excluding hydrogens is 849 g/mol. The number of fused-ring (bicyclic) bond motifs is 12. The maximum atomic E-state index is 2.51. The van der Waals surface area contributed by atoms with Crippen LogP contribution in [-0.2, 0) is 0 Å². The lowest BCUT2D eigenvalue weighted by Crippen LogP contribution is -1.96. The summed E-state index contributed by atoms with van der Waals surface area (Å²) in [5.41, 5.74) is 18.9. The minimum absolute atomic E-state index is 1.13. The molecule has 70 heavy (non-hydrogen) atoms. The summed E-state index contributed by atoms with van der Waals surface area (Å²) in [5, 5.41) is 9.88. The molecule has 0 saturated heterocycles. The molecule has 0 aliphatic carbocycles. The zero-order chi connectivity index (χ0) is 45.9. The third kappa shape index (κ3) is 5.71. The standard InChI is InChI=1S/C66H42N4/c1-4-16-47(17-5-1)67-59-25-13-10-22-51(59)56-38-43(30-35-62(56)67)45-28-33-54-55-34-29-46(44-31-36-63-57(39-44)52-23-11-14-26-60(52)68(63)48-18-6-2-7-19-48)41-66(55)70(65(54)40-45)50-32-37-64-58(42-50)53-24-12-15-27-61(53)69(64)49-20-8-3-9-21-49/h1-42H. The Morgan fingerprint density at radius 3 is 0.857 bits per heavy atom. The Kier molecular flexibility index (Phi) is 8.33. The predicted molar refractivity (Wildman–Crippen MR) is 295 cm³/mol. The first kappa shape index (κ1) is 38.7. The van der Waals surface area contributed by atoms with Crippen molar-refractivity contribution in [2.24, 2.45) is 0 Å². The van der Waals surface area contributed by atoms with Crippen LogP contribution in [0, 0.1) is 0 Å². The van der Waals surface area contributed by atoms with E-state index in [1.165, 1.54) is 109 Å². The van der Waals surface area contributed by atoms with E-state index in [1.807, 2.05) is 0 Å². The van der Waals surface area contributed by atoms with Gasteiger partial charge in [-0.1, -0.05) is 146 Å². The highest BCUT2D eigenvalue weighted by Crippen LogP contribution is 2.42. The Bertz CT molecular complexity index is 4350. The zero-order valence-corrected chi connectivity index (χ0v) is 38.0. The summed E-state index contributed by atoms with van der Waals surface area (Å²) in [6.07, 6.45) is 0. The van der Waals surface area contributed by atoms with Crippen LogP contribution >= 0.6 is 0 Å². The highest BCUT2D eigenvalue weighted by atomic mass is 15.0. The van der Waals surface area contributed by atoms with Crippen molar-refractivity contribution in [1.82, 2.24) is 18.3 Å². The van der Waals surface area contributed by atoms with Gasteiger partial charge in [0.2, 0.25) is 0 Å². The van der Waals surface area contributed by atoms with Gasteiger partial charge in [0.05, 0.1) is 44.1 Å². The van der Waals surface area contributed by atoms with Crippen LogP contribution in [0.4, 0.5) is 0 Å². The fourth-order valence-electron chi connectivity index (χ4n) is 11.6. The predicted octanol–water partition coefficient (Wildman–Crippen LogP) is 17.4. The molecule has 4 heterocycles. The summed E-state index contributed by atoms with van der Waals surface area (Å²) in [7, 11) is 0. The van der Waals surface area contributed by atoms with Crippen LogP contribution in [0.25, 0.3) is 132 Å². The summed E-state index contributed by atoms with van der Waals surface area (Å²) >= 11 is 0. The van der Waals surface area contributed by atoms with Gasteiger partial charge in [0.1, 0.15) is 0 Å². The van der Waals surface area contributed by atoms with Gasteiger partial charge in [0.15, 0.2) is 0 Å². The second kappa shape index (κ2) is 15.1. The summed E-state index contributed by atoms with van der Waals surface area (Å²) in [5.74, 6) is 0. The first-order valence-electron chi connectivity index (χ1n) is 24.1. The summed E-state index contributed by atoms with van der Waals surface area (Å²) < 4.78 is 9.67. The van der Waals surface area contributed by atoms with E-state index >= 15 is 0 Å². The first-order chi connectivity index (χ1) is 34.7. The monoisotopic (exact) mass is 890 g/mol. The minimum atomic E-state index is 1.13. The third-order valence-corrected chi connectivity index (χ3v) is 14.7. The van der Waals surface area contributed by atoms with Gasteiger partial charge in [0.25, 0.3) is 0 Å². The van der Waals surface area contributed by atoms with E-state index in [2.05, 4.69) is 273 Å². The van der Waals surface area contributed by atoms with Gasteiger partial charge in [-0.15, -0.1) is 0 Å². The molecule has 0 N–H and O–H groups in total. The quantitative estimate of drug-likeness (QED) is 0.158. The normalized spacial score (nSPS) is 12.0. The molecule has 0 radical (unpaired) electrons. The molecule has 15 rings (SSSR count). The molecule has 4 heteroatoms. The van der Waals surface area contributed by atoms with Crippen molar-refractivity contribution >= 4 is 87.2 Å². The van der Waals surface area contributed by atoms with Gasteiger partial charge in [0, 0.05) is 65.8 Å². The van der Waals surface area contributed by atoms with Crippen LogP contribution in [-0.4, -0.2) is 18.3 Å². The molecule has 0 atom stereocenters. The molecule has 0 spiro atoms. The average molecular weight is 891 g/mol. The fraction of sp³-hybridized carbons (Fsp3) is 0. The van der Waals surface area contributed by atoms with Crippen LogP contribution in [0.2, 0.25) is 0 Å². The second-order valence-corrected chi connectivity index (χ2v) is 18.5. The van der Waals surface area contributed by atoms with Gasteiger partial charge >= 0.3 is 0 Å². The third-order valence-electron chi connectivity index (χ3n) is 14.7. The van der Waals surface area contributed by atoms with Crippen molar-refractivity contribution in [2.75, 3.05) is 0 Å². The summed E-state index contributed by atoms with van der Waals surface area (Å²) in [6.45, 7) is 0. The lowest BCUT2D eigenvalue weighted by molar-refractivity contribution is 1.17. The first-order valence-corrected chi connectivity index (χ1v) is 24.1. The molecule has 0 bridgehead atoms. The highest BCUT2D eigenvalue weighted by Gasteiger charge is 2.20. The Hall–Kier alpha value is -9.38. The van der Waals surface area contributed by atoms with Crippen molar-refractivity contribution in [2.45, 2.75) is 0 Å². The topological polar surface area (TPSA) is 19.7 Å². The molecule has 0 fully saturated rings. The number of rotatable bonds is 6. The van der Waals surface area contributed by atoms with Crippen molar-refractivity contribution in [3.63, 3.8) is 0 Å². The SMILES string of the molecule is c1ccc(-n2c3ccccc3c3cc(-c4ccc5c6ccc(-c7ccc8c(c7)c7ccccc7n8-c7ccccc7)cc6n(-c6ccc7c(c6)c6ccccc6n7-c6ccccc6)c5c4)ccc32)cc1. The van der Waals surface area contributed by atoms with Crippen LogP contribution < -0.4 is 0 Å². The number of aromatic nitrogens is 4.